The normalized spacial score (nSPS) is 14.4. The molecule has 2 N–H and O–H groups in total. The monoisotopic (exact) mass is 476 g/mol. The van der Waals surface area contributed by atoms with E-state index in [1.54, 1.807) is 11.3 Å². The Morgan fingerprint density at radius 2 is 1.67 bits per heavy atom. The molecule has 2 aromatic heterocycles. The minimum atomic E-state index is -0.113. The fraction of sp³-hybridized carbons (Fsp3) is 0.240. The fourth-order valence-corrected chi connectivity index (χ4v) is 5.92. The molecule has 1 fully saturated rings. The Bertz CT molecular complexity index is 1230. The number of rotatable bonds is 5. The van der Waals surface area contributed by atoms with Crippen molar-refractivity contribution in [1.82, 2.24) is 9.88 Å². The number of para-hydroxylation sites is 2. The first kappa shape index (κ1) is 21.6. The predicted octanol–water partition coefficient (Wildman–Crippen LogP) is 6.10. The lowest BCUT2D eigenvalue weighted by molar-refractivity contribution is 0.103. The quantitative estimate of drug-likeness (QED) is 0.366. The number of anilines is 2. The number of urea groups is 1. The van der Waals surface area contributed by atoms with E-state index in [0.717, 1.165) is 48.3 Å². The predicted molar refractivity (Wildman–Crippen MR) is 135 cm³/mol. The second kappa shape index (κ2) is 9.72. The van der Waals surface area contributed by atoms with Crippen molar-refractivity contribution in [3.63, 3.8) is 0 Å². The van der Waals surface area contributed by atoms with E-state index in [1.165, 1.54) is 16.2 Å². The van der Waals surface area contributed by atoms with Gasteiger partial charge in [-0.2, -0.15) is 0 Å². The first-order valence-corrected chi connectivity index (χ1v) is 12.6. The van der Waals surface area contributed by atoms with E-state index in [0.29, 0.717) is 15.9 Å². The number of aromatic nitrogens is 1. The minimum Gasteiger partial charge on any atom is -0.325 e. The zero-order valence-corrected chi connectivity index (χ0v) is 19.6. The molecule has 168 valence electrons. The molecule has 0 aliphatic carbocycles. The third-order valence-corrected chi connectivity index (χ3v) is 7.87. The van der Waals surface area contributed by atoms with E-state index in [2.05, 4.69) is 15.6 Å². The van der Waals surface area contributed by atoms with Crippen molar-refractivity contribution in [2.24, 2.45) is 5.92 Å². The molecule has 33 heavy (non-hydrogen) atoms. The van der Waals surface area contributed by atoms with Crippen LogP contribution in [0.5, 0.6) is 0 Å². The Morgan fingerprint density at radius 3 is 2.45 bits per heavy atom. The van der Waals surface area contributed by atoms with E-state index in [1.807, 2.05) is 71.6 Å². The Labute approximate surface area is 200 Å². The molecule has 1 aliphatic heterocycles. The van der Waals surface area contributed by atoms with Gasteiger partial charge in [-0.15, -0.1) is 11.3 Å². The maximum Gasteiger partial charge on any atom is 0.321 e. The number of nitrogens with zero attached hydrogens (tertiary/aromatic N) is 2. The molecule has 0 atom stereocenters. The van der Waals surface area contributed by atoms with Gasteiger partial charge in [-0.3, -0.25) is 10.1 Å². The average molecular weight is 477 g/mol. The molecule has 3 amide bonds. The van der Waals surface area contributed by atoms with Crippen LogP contribution in [-0.4, -0.2) is 34.9 Å². The van der Waals surface area contributed by atoms with Crippen LogP contribution in [0.3, 0.4) is 0 Å². The lowest BCUT2D eigenvalue weighted by atomic mass is 9.93. The number of carbonyl (C=O) groups excluding carboxylic acids is 2. The molecule has 5 rings (SSSR count). The lowest BCUT2D eigenvalue weighted by Gasteiger charge is -2.31. The second-order valence-corrected chi connectivity index (χ2v) is 10.3. The third-order valence-electron chi connectivity index (χ3n) is 5.82. The van der Waals surface area contributed by atoms with Crippen LogP contribution in [0.15, 0.2) is 66.7 Å². The van der Waals surface area contributed by atoms with Gasteiger partial charge >= 0.3 is 6.03 Å². The van der Waals surface area contributed by atoms with E-state index < -0.39 is 0 Å². The maximum absolute atomic E-state index is 12.7. The molecule has 0 spiro atoms. The summed E-state index contributed by atoms with van der Waals surface area (Å²) in [5.74, 6) is 0.405. The molecule has 4 aromatic rings. The lowest BCUT2D eigenvalue weighted by Crippen LogP contribution is -2.41. The largest absolute Gasteiger partial charge is 0.325 e. The summed E-state index contributed by atoms with van der Waals surface area (Å²) in [6.45, 7) is 1.50. The number of hydrogen-bond acceptors (Lipinski definition) is 5. The van der Waals surface area contributed by atoms with Crippen molar-refractivity contribution < 1.29 is 9.59 Å². The number of nitrogens with one attached hydrogen (secondary N) is 2. The SMILES string of the molecule is O=C(Nc1nc2ccccc2s1)c1ccc(CC2CCN(C(=O)Nc3ccccc3)CC2)s1. The molecular weight excluding hydrogens is 452 g/mol. The zero-order chi connectivity index (χ0) is 22.6. The van der Waals surface area contributed by atoms with Crippen molar-refractivity contribution >= 4 is 55.6 Å². The van der Waals surface area contributed by atoms with Crippen molar-refractivity contribution in [2.45, 2.75) is 19.3 Å². The van der Waals surface area contributed by atoms with Crippen LogP contribution in [0.4, 0.5) is 15.6 Å². The topological polar surface area (TPSA) is 74.3 Å². The number of fused-ring (bicyclic) bond motifs is 1. The number of likely N-dealkylation sites (tertiary alicyclic amines) is 1. The molecule has 1 saturated heterocycles. The third kappa shape index (κ3) is 5.23. The highest BCUT2D eigenvalue weighted by molar-refractivity contribution is 7.22. The van der Waals surface area contributed by atoms with E-state index in [9.17, 15) is 9.59 Å². The van der Waals surface area contributed by atoms with Gasteiger partial charge in [0.25, 0.3) is 5.91 Å². The van der Waals surface area contributed by atoms with Crippen LogP contribution in [0.1, 0.15) is 27.4 Å². The number of thiophene rings is 1. The Balaban J connectivity index is 1.12. The first-order valence-electron chi connectivity index (χ1n) is 11.0. The van der Waals surface area contributed by atoms with E-state index >= 15 is 0 Å². The van der Waals surface area contributed by atoms with Crippen LogP contribution in [0.2, 0.25) is 0 Å². The number of piperidine rings is 1. The molecule has 6 nitrogen and oxygen atoms in total. The maximum atomic E-state index is 12.7. The summed E-state index contributed by atoms with van der Waals surface area (Å²) in [4.78, 5) is 33.4. The Hall–Kier alpha value is -3.23. The Kier molecular flexibility index (Phi) is 6.37. The second-order valence-electron chi connectivity index (χ2n) is 8.14. The molecular formula is C25H24N4O2S2. The van der Waals surface area contributed by atoms with Gasteiger partial charge in [0.05, 0.1) is 15.1 Å². The summed E-state index contributed by atoms with van der Waals surface area (Å²) in [5, 5.41) is 6.51. The standard InChI is InChI=1S/C25H24N4O2S2/c30-23(28-24-27-20-8-4-5-9-21(20)33-24)22-11-10-19(32-22)16-17-12-14-29(15-13-17)25(31)26-18-6-2-1-3-7-18/h1-11,17H,12-16H2,(H,26,31)(H,27,28,30). The number of benzene rings is 2. The fourth-order valence-electron chi connectivity index (χ4n) is 4.04. The molecule has 3 heterocycles. The molecule has 1 aliphatic rings. The van der Waals surface area contributed by atoms with Crippen LogP contribution in [0.25, 0.3) is 10.2 Å². The number of amides is 3. The van der Waals surface area contributed by atoms with Gasteiger partial charge in [0.2, 0.25) is 0 Å². The van der Waals surface area contributed by atoms with Gasteiger partial charge < -0.3 is 10.2 Å². The number of carbonyl (C=O) groups is 2. The van der Waals surface area contributed by atoms with Gasteiger partial charge in [-0.25, -0.2) is 9.78 Å². The van der Waals surface area contributed by atoms with Gasteiger partial charge in [-0.1, -0.05) is 41.7 Å². The van der Waals surface area contributed by atoms with Crippen LogP contribution in [-0.2, 0) is 6.42 Å². The molecule has 8 heteroatoms. The molecule has 0 unspecified atom stereocenters. The van der Waals surface area contributed by atoms with Gasteiger partial charge in [0.15, 0.2) is 5.13 Å². The highest BCUT2D eigenvalue weighted by Gasteiger charge is 2.24. The highest BCUT2D eigenvalue weighted by atomic mass is 32.1. The Morgan fingerprint density at radius 1 is 0.909 bits per heavy atom. The van der Waals surface area contributed by atoms with Gasteiger partial charge in [-0.05, 0) is 61.6 Å². The van der Waals surface area contributed by atoms with Gasteiger partial charge in [0.1, 0.15) is 0 Å². The zero-order valence-electron chi connectivity index (χ0n) is 18.0. The summed E-state index contributed by atoms with van der Waals surface area (Å²) in [5.41, 5.74) is 1.72. The number of thiazole rings is 1. The summed E-state index contributed by atoms with van der Waals surface area (Å²) in [7, 11) is 0. The van der Waals surface area contributed by atoms with Crippen molar-refractivity contribution in [3.05, 3.63) is 76.5 Å². The molecule has 0 radical (unpaired) electrons. The molecule has 0 saturated carbocycles. The highest BCUT2D eigenvalue weighted by Crippen LogP contribution is 2.29. The first-order chi connectivity index (χ1) is 16.1. The summed E-state index contributed by atoms with van der Waals surface area (Å²) >= 11 is 3.02. The van der Waals surface area contributed by atoms with Crippen LogP contribution >= 0.6 is 22.7 Å². The van der Waals surface area contributed by atoms with Crippen molar-refractivity contribution in [3.8, 4) is 0 Å². The van der Waals surface area contributed by atoms with Crippen LogP contribution in [0, 0.1) is 5.92 Å². The molecule has 0 bridgehead atoms. The molecule has 2 aromatic carbocycles. The van der Waals surface area contributed by atoms with E-state index in [-0.39, 0.29) is 11.9 Å². The number of hydrogen-bond donors (Lipinski definition) is 2. The minimum absolute atomic E-state index is 0.0374. The van der Waals surface area contributed by atoms with Crippen LogP contribution < -0.4 is 10.6 Å². The summed E-state index contributed by atoms with van der Waals surface area (Å²) < 4.78 is 1.06. The van der Waals surface area contributed by atoms with Crippen molar-refractivity contribution in [2.75, 3.05) is 23.7 Å². The smallest absolute Gasteiger partial charge is 0.321 e. The summed E-state index contributed by atoms with van der Waals surface area (Å²) in [6, 6.07) is 21.3. The van der Waals surface area contributed by atoms with Crippen molar-refractivity contribution in [1.29, 1.82) is 0 Å². The average Bonchev–Trinajstić information content (AvgIpc) is 3.46. The van der Waals surface area contributed by atoms with E-state index in [4.69, 9.17) is 0 Å². The van der Waals surface area contributed by atoms with Gasteiger partial charge in [0, 0.05) is 23.7 Å². The summed E-state index contributed by atoms with van der Waals surface area (Å²) in [6.07, 6.45) is 2.87.